The lowest BCUT2D eigenvalue weighted by molar-refractivity contribution is -0.141. The molecular formula is C9H16N4O2S2. The van der Waals surface area contributed by atoms with Gasteiger partial charge in [0.25, 0.3) is 0 Å². The Balaban J connectivity index is 2.33. The number of nitrogens with zero attached hydrogens (tertiary/aromatic N) is 4. The number of tetrazole rings is 1. The van der Waals surface area contributed by atoms with Crippen molar-refractivity contribution in [2.24, 2.45) is 0 Å². The fourth-order valence-electron chi connectivity index (χ4n) is 1.05. The van der Waals surface area contributed by atoms with Crippen LogP contribution >= 0.6 is 23.5 Å². The van der Waals surface area contributed by atoms with Crippen LogP contribution < -0.4 is 0 Å². The standard InChI is InChI=1S/C9H16N4O2S2/c1-3-16-5-4-6-17-9-10-11-12-13(9)7-8(14)15-2/h3-7H2,1-2H3. The van der Waals surface area contributed by atoms with Crippen molar-refractivity contribution in [2.45, 2.75) is 25.0 Å². The average Bonchev–Trinajstić information content (AvgIpc) is 2.76. The number of hydrogen-bond donors (Lipinski definition) is 0. The first kappa shape index (κ1) is 14.3. The zero-order chi connectivity index (χ0) is 12.5. The molecule has 0 aliphatic rings. The predicted molar refractivity (Wildman–Crippen MR) is 68.2 cm³/mol. The van der Waals surface area contributed by atoms with Crippen LogP contribution in [0, 0.1) is 0 Å². The number of hydrogen-bond acceptors (Lipinski definition) is 7. The highest BCUT2D eigenvalue weighted by atomic mass is 32.2. The Kier molecular flexibility index (Phi) is 7.02. The summed E-state index contributed by atoms with van der Waals surface area (Å²) < 4.78 is 6.03. The number of ether oxygens (including phenoxy) is 1. The van der Waals surface area contributed by atoms with Crippen LogP contribution in [0.4, 0.5) is 0 Å². The molecular weight excluding hydrogens is 260 g/mol. The minimum Gasteiger partial charge on any atom is -0.468 e. The Morgan fingerprint density at radius 1 is 1.47 bits per heavy atom. The Morgan fingerprint density at radius 2 is 2.29 bits per heavy atom. The molecule has 17 heavy (non-hydrogen) atoms. The number of carbonyl (C=O) groups excluding carboxylic acids is 1. The quantitative estimate of drug-likeness (QED) is 0.400. The van der Waals surface area contributed by atoms with Crippen LogP contribution in [-0.4, -0.2) is 50.5 Å². The first-order valence-corrected chi connectivity index (χ1v) is 7.45. The lowest BCUT2D eigenvalue weighted by atomic mass is 10.6. The summed E-state index contributed by atoms with van der Waals surface area (Å²) in [5.74, 6) is 2.89. The molecule has 0 aromatic carbocycles. The molecule has 0 saturated heterocycles. The van der Waals surface area contributed by atoms with Gasteiger partial charge in [0.15, 0.2) is 0 Å². The maximum atomic E-state index is 11.1. The minimum absolute atomic E-state index is 0.0650. The molecule has 0 saturated carbocycles. The van der Waals surface area contributed by atoms with Gasteiger partial charge in [0.1, 0.15) is 6.54 Å². The molecule has 0 aliphatic carbocycles. The van der Waals surface area contributed by atoms with E-state index in [-0.39, 0.29) is 12.5 Å². The van der Waals surface area contributed by atoms with Crippen LogP contribution in [0.3, 0.4) is 0 Å². The maximum Gasteiger partial charge on any atom is 0.327 e. The summed E-state index contributed by atoms with van der Waals surface area (Å²) in [6.45, 7) is 2.21. The van der Waals surface area contributed by atoms with Gasteiger partial charge in [-0.15, -0.1) is 5.10 Å². The molecule has 6 nitrogen and oxygen atoms in total. The topological polar surface area (TPSA) is 69.9 Å². The van der Waals surface area contributed by atoms with Crippen LogP contribution in [0.25, 0.3) is 0 Å². The highest BCUT2D eigenvalue weighted by molar-refractivity contribution is 8.00. The molecule has 1 aromatic heterocycles. The SMILES string of the molecule is CCSCCCSc1nnnn1CC(=O)OC. The molecule has 0 atom stereocenters. The van der Waals surface area contributed by atoms with E-state index in [0.29, 0.717) is 5.16 Å². The van der Waals surface area contributed by atoms with Crippen molar-refractivity contribution in [3.05, 3.63) is 0 Å². The highest BCUT2D eigenvalue weighted by Gasteiger charge is 2.10. The van der Waals surface area contributed by atoms with Crippen LogP contribution in [0.2, 0.25) is 0 Å². The highest BCUT2D eigenvalue weighted by Crippen LogP contribution is 2.16. The summed E-state index contributed by atoms with van der Waals surface area (Å²) in [6.07, 6.45) is 1.11. The second-order valence-electron chi connectivity index (χ2n) is 3.09. The third-order valence-electron chi connectivity index (χ3n) is 1.87. The Labute approximate surface area is 109 Å². The Morgan fingerprint density at radius 3 is 3.00 bits per heavy atom. The number of rotatable bonds is 8. The van der Waals surface area contributed by atoms with Gasteiger partial charge >= 0.3 is 5.97 Å². The summed E-state index contributed by atoms with van der Waals surface area (Å²) in [5.41, 5.74) is 0. The third kappa shape index (κ3) is 5.40. The van der Waals surface area contributed by atoms with E-state index in [4.69, 9.17) is 0 Å². The van der Waals surface area contributed by atoms with Crippen LogP contribution in [0.5, 0.6) is 0 Å². The van der Waals surface area contributed by atoms with Crippen molar-refractivity contribution >= 4 is 29.5 Å². The van der Waals surface area contributed by atoms with Gasteiger partial charge in [-0.25, -0.2) is 4.68 Å². The van der Waals surface area contributed by atoms with Crippen LogP contribution in [-0.2, 0) is 16.1 Å². The van der Waals surface area contributed by atoms with Crippen LogP contribution in [0.15, 0.2) is 5.16 Å². The molecule has 1 aromatic rings. The van der Waals surface area contributed by atoms with Crippen LogP contribution in [0.1, 0.15) is 13.3 Å². The summed E-state index contributed by atoms with van der Waals surface area (Å²) in [6, 6.07) is 0. The molecule has 0 fully saturated rings. The summed E-state index contributed by atoms with van der Waals surface area (Å²) in [5, 5.41) is 11.8. The van der Waals surface area contributed by atoms with Gasteiger partial charge in [-0.2, -0.15) is 11.8 Å². The van der Waals surface area contributed by atoms with Gasteiger partial charge < -0.3 is 4.74 Å². The van der Waals surface area contributed by atoms with Gasteiger partial charge in [0.05, 0.1) is 7.11 Å². The maximum absolute atomic E-state index is 11.1. The van der Waals surface area contributed by atoms with Crippen molar-refractivity contribution in [3.8, 4) is 0 Å². The molecule has 8 heteroatoms. The number of thioether (sulfide) groups is 2. The monoisotopic (exact) mass is 276 g/mol. The molecule has 0 aliphatic heterocycles. The molecule has 0 unspecified atom stereocenters. The van der Waals surface area contributed by atoms with Gasteiger partial charge in [0.2, 0.25) is 5.16 Å². The lowest BCUT2D eigenvalue weighted by Gasteiger charge is -2.02. The zero-order valence-corrected chi connectivity index (χ0v) is 11.6. The third-order valence-corrected chi connectivity index (χ3v) is 3.90. The van der Waals surface area contributed by atoms with Crippen molar-refractivity contribution in [1.82, 2.24) is 20.2 Å². The van der Waals surface area contributed by atoms with E-state index in [0.717, 1.165) is 23.7 Å². The summed E-state index contributed by atoms with van der Waals surface area (Å²) >= 11 is 3.48. The van der Waals surface area contributed by atoms with Crippen molar-refractivity contribution in [1.29, 1.82) is 0 Å². The van der Waals surface area contributed by atoms with Gasteiger partial charge in [-0.3, -0.25) is 4.79 Å². The average molecular weight is 276 g/mol. The molecule has 0 radical (unpaired) electrons. The largest absolute Gasteiger partial charge is 0.468 e. The smallest absolute Gasteiger partial charge is 0.327 e. The van der Waals surface area contributed by atoms with E-state index in [1.807, 2.05) is 11.8 Å². The second kappa shape index (κ2) is 8.35. The molecule has 0 spiro atoms. The molecule has 96 valence electrons. The molecule has 0 bridgehead atoms. The normalized spacial score (nSPS) is 10.5. The first-order valence-electron chi connectivity index (χ1n) is 5.31. The fourth-order valence-corrected chi connectivity index (χ4v) is 2.69. The Bertz CT molecular complexity index is 345. The van der Waals surface area contributed by atoms with Crippen molar-refractivity contribution in [3.63, 3.8) is 0 Å². The van der Waals surface area contributed by atoms with E-state index in [2.05, 4.69) is 27.2 Å². The van der Waals surface area contributed by atoms with E-state index in [1.54, 1.807) is 11.8 Å². The van der Waals surface area contributed by atoms with E-state index < -0.39 is 0 Å². The summed E-state index contributed by atoms with van der Waals surface area (Å²) in [4.78, 5) is 11.1. The number of carbonyl (C=O) groups is 1. The Hall–Kier alpha value is -0.760. The zero-order valence-electron chi connectivity index (χ0n) is 9.96. The van der Waals surface area contributed by atoms with Gasteiger partial charge in [-0.05, 0) is 28.4 Å². The van der Waals surface area contributed by atoms with E-state index >= 15 is 0 Å². The molecule has 1 heterocycles. The van der Waals surface area contributed by atoms with E-state index in [9.17, 15) is 4.79 Å². The molecule has 1 rings (SSSR count). The predicted octanol–water partition coefficient (Wildman–Crippen LogP) is 1.08. The molecule has 0 amide bonds. The van der Waals surface area contributed by atoms with Gasteiger partial charge in [0, 0.05) is 5.75 Å². The lowest BCUT2D eigenvalue weighted by Crippen LogP contribution is -2.13. The van der Waals surface area contributed by atoms with Gasteiger partial charge in [-0.1, -0.05) is 18.7 Å². The molecule has 0 N–H and O–H groups in total. The second-order valence-corrected chi connectivity index (χ2v) is 5.55. The fraction of sp³-hybridized carbons (Fsp3) is 0.778. The van der Waals surface area contributed by atoms with Crippen molar-refractivity contribution < 1.29 is 9.53 Å². The number of methoxy groups -OCH3 is 1. The summed E-state index contributed by atoms with van der Waals surface area (Å²) in [7, 11) is 1.35. The van der Waals surface area contributed by atoms with E-state index in [1.165, 1.54) is 11.8 Å². The number of esters is 1. The number of aromatic nitrogens is 4. The first-order chi connectivity index (χ1) is 8.27. The van der Waals surface area contributed by atoms with Crippen molar-refractivity contribution in [2.75, 3.05) is 24.4 Å². The minimum atomic E-state index is -0.347.